The van der Waals surface area contributed by atoms with Crippen molar-refractivity contribution in [3.8, 4) is 0 Å². The second kappa shape index (κ2) is 6.66. The molecule has 1 aromatic carbocycles. The van der Waals surface area contributed by atoms with Crippen molar-refractivity contribution in [2.45, 2.75) is 19.8 Å². The molecule has 3 rings (SSSR count). The Balaban J connectivity index is 0.00000176. The molecule has 3 N–H and O–H groups in total. The lowest BCUT2D eigenvalue weighted by molar-refractivity contribution is 0.102. The predicted molar refractivity (Wildman–Crippen MR) is 90.3 cm³/mol. The molecule has 116 valence electrons. The van der Waals surface area contributed by atoms with Crippen LogP contribution in [0.5, 0.6) is 0 Å². The van der Waals surface area contributed by atoms with Crippen LogP contribution in [-0.2, 0) is 6.42 Å². The fraction of sp³-hybridized carbons (Fsp3) is 0.250. The van der Waals surface area contributed by atoms with Gasteiger partial charge in [0.25, 0.3) is 11.5 Å². The van der Waals surface area contributed by atoms with Gasteiger partial charge < -0.3 is 15.6 Å². The van der Waals surface area contributed by atoms with Crippen LogP contribution in [0.2, 0.25) is 0 Å². The highest BCUT2D eigenvalue weighted by molar-refractivity contribution is 6.04. The highest BCUT2D eigenvalue weighted by atomic mass is 35.5. The molecule has 6 heteroatoms. The van der Waals surface area contributed by atoms with E-state index < -0.39 is 0 Å². The smallest absolute Gasteiger partial charge is 0.261 e. The second-order valence-electron chi connectivity index (χ2n) is 5.24. The third-order valence-electron chi connectivity index (χ3n) is 3.60. The highest BCUT2D eigenvalue weighted by Crippen LogP contribution is 2.25. The van der Waals surface area contributed by atoms with Crippen LogP contribution in [0.1, 0.15) is 28.0 Å². The monoisotopic (exact) mass is 319 g/mol. The van der Waals surface area contributed by atoms with Crippen LogP contribution >= 0.6 is 12.4 Å². The zero-order chi connectivity index (χ0) is 14.8. The lowest BCUT2D eigenvalue weighted by atomic mass is 10.0. The van der Waals surface area contributed by atoms with Crippen molar-refractivity contribution in [1.29, 1.82) is 0 Å². The number of nitrogens with one attached hydrogen (secondary N) is 3. The fourth-order valence-electron chi connectivity index (χ4n) is 2.50. The Morgan fingerprint density at radius 1 is 1.23 bits per heavy atom. The lowest BCUT2D eigenvalue weighted by Crippen LogP contribution is -2.23. The molecule has 0 saturated heterocycles. The first-order chi connectivity index (χ1) is 10.1. The van der Waals surface area contributed by atoms with Crippen molar-refractivity contribution in [2.24, 2.45) is 0 Å². The summed E-state index contributed by atoms with van der Waals surface area (Å²) >= 11 is 0. The molecule has 1 aliphatic heterocycles. The maximum atomic E-state index is 12.2. The molecule has 5 nitrogen and oxygen atoms in total. The summed E-state index contributed by atoms with van der Waals surface area (Å²) in [4.78, 5) is 26.6. The number of carbonyl (C=O) groups is 1. The minimum atomic E-state index is -0.389. The topological polar surface area (TPSA) is 74.0 Å². The normalized spacial score (nSPS) is 12.6. The molecule has 0 aliphatic carbocycles. The summed E-state index contributed by atoms with van der Waals surface area (Å²) in [6.07, 6.45) is 2.08. The van der Waals surface area contributed by atoms with Crippen molar-refractivity contribution in [3.05, 3.63) is 57.5 Å². The number of aromatic nitrogens is 1. The van der Waals surface area contributed by atoms with Gasteiger partial charge >= 0.3 is 0 Å². The number of aromatic amines is 1. The largest absolute Gasteiger partial charge is 0.385 e. The minimum Gasteiger partial charge on any atom is -0.385 e. The SMILES string of the molecule is Cc1ccc(C(=O)Nc2ccc3c(c2)CCCN3)c(=O)[nH]1.Cl. The molecule has 0 fully saturated rings. The Morgan fingerprint density at radius 3 is 2.82 bits per heavy atom. The van der Waals surface area contributed by atoms with E-state index in [0.29, 0.717) is 5.69 Å². The molecule has 2 heterocycles. The molecule has 22 heavy (non-hydrogen) atoms. The van der Waals surface area contributed by atoms with Crippen molar-refractivity contribution in [2.75, 3.05) is 17.2 Å². The van der Waals surface area contributed by atoms with E-state index in [2.05, 4.69) is 15.6 Å². The number of carbonyl (C=O) groups excluding carboxylic acids is 1. The van der Waals surface area contributed by atoms with Crippen LogP contribution in [0.4, 0.5) is 11.4 Å². The van der Waals surface area contributed by atoms with Gasteiger partial charge in [-0.3, -0.25) is 9.59 Å². The molecule has 0 atom stereocenters. The predicted octanol–water partition coefficient (Wildman–Crippen LogP) is 2.72. The standard InChI is InChI=1S/C16H17N3O2.ClH/c1-10-4-6-13(15(20)18-10)16(21)19-12-5-7-14-11(9-12)3-2-8-17-14;/h4-7,9,17H,2-3,8H2,1H3,(H,18,20)(H,19,21);1H. The third kappa shape index (κ3) is 3.31. The van der Waals surface area contributed by atoms with E-state index in [1.807, 2.05) is 18.2 Å². The Hall–Kier alpha value is -2.27. The Bertz CT molecular complexity index is 755. The van der Waals surface area contributed by atoms with Crippen LogP contribution in [0, 0.1) is 6.92 Å². The van der Waals surface area contributed by atoms with E-state index in [1.54, 1.807) is 19.1 Å². The summed E-state index contributed by atoms with van der Waals surface area (Å²) in [6, 6.07) is 9.03. The zero-order valence-electron chi connectivity index (χ0n) is 12.2. The van der Waals surface area contributed by atoms with Crippen LogP contribution < -0.4 is 16.2 Å². The van der Waals surface area contributed by atoms with E-state index in [4.69, 9.17) is 0 Å². The average Bonchev–Trinajstić information content (AvgIpc) is 2.47. The summed E-state index contributed by atoms with van der Waals surface area (Å²) in [5, 5.41) is 6.10. The molecule has 0 saturated carbocycles. The summed E-state index contributed by atoms with van der Waals surface area (Å²) < 4.78 is 0. The van der Waals surface area contributed by atoms with Gasteiger partial charge in [0.2, 0.25) is 0 Å². The first kappa shape index (κ1) is 16.1. The number of pyridine rings is 1. The van der Waals surface area contributed by atoms with Gasteiger partial charge in [-0.05, 0) is 55.7 Å². The van der Waals surface area contributed by atoms with Gasteiger partial charge in [0.05, 0.1) is 0 Å². The van der Waals surface area contributed by atoms with Crippen molar-refractivity contribution in [3.63, 3.8) is 0 Å². The summed E-state index contributed by atoms with van der Waals surface area (Å²) in [6.45, 7) is 2.76. The van der Waals surface area contributed by atoms with E-state index in [1.165, 1.54) is 5.56 Å². The van der Waals surface area contributed by atoms with Gasteiger partial charge in [-0.1, -0.05) is 0 Å². The molecule has 2 aromatic rings. The van der Waals surface area contributed by atoms with Crippen molar-refractivity contribution in [1.82, 2.24) is 4.98 Å². The Kier molecular flexibility index (Phi) is 4.88. The number of benzene rings is 1. The van der Waals surface area contributed by atoms with Crippen molar-refractivity contribution < 1.29 is 4.79 Å². The van der Waals surface area contributed by atoms with E-state index >= 15 is 0 Å². The molecular weight excluding hydrogens is 302 g/mol. The van der Waals surface area contributed by atoms with Crippen molar-refractivity contribution >= 4 is 29.7 Å². The van der Waals surface area contributed by atoms with E-state index in [9.17, 15) is 9.59 Å². The number of aryl methyl sites for hydroxylation is 2. The molecule has 1 aliphatic rings. The molecule has 0 bridgehead atoms. The maximum Gasteiger partial charge on any atom is 0.261 e. The third-order valence-corrected chi connectivity index (χ3v) is 3.60. The lowest BCUT2D eigenvalue weighted by Gasteiger charge is -2.18. The molecule has 1 aromatic heterocycles. The number of H-pyrrole nitrogens is 1. The minimum absolute atomic E-state index is 0. The fourth-order valence-corrected chi connectivity index (χ4v) is 2.50. The number of rotatable bonds is 2. The van der Waals surface area contributed by atoms with E-state index in [0.717, 1.165) is 30.8 Å². The van der Waals surface area contributed by atoms with Gasteiger partial charge in [0, 0.05) is 23.6 Å². The average molecular weight is 320 g/mol. The molecule has 0 unspecified atom stereocenters. The van der Waals surface area contributed by atoms with Crippen LogP contribution in [0.15, 0.2) is 35.1 Å². The highest BCUT2D eigenvalue weighted by Gasteiger charge is 2.13. The number of halogens is 1. The van der Waals surface area contributed by atoms with Gasteiger partial charge in [-0.2, -0.15) is 0 Å². The van der Waals surface area contributed by atoms with Gasteiger partial charge in [0.1, 0.15) is 5.56 Å². The number of amides is 1. The summed E-state index contributed by atoms with van der Waals surface area (Å²) in [5.74, 6) is -0.389. The second-order valence-corrected chi connectivity index (χ2v) is 5.24. The molecule has 0 radical (unpaired) electrons. The zero-order valence-corrected chi connectivity index (χ0v) is 13.0. The van der Waals surface area contributed by atoms with Crippen LogP contribution in [0.25, 0.3) is 0 Å². The quantitative estimate of drug-likeness (QED) is 0.796. The Morgan fingerprint density at radius 2 is 2.05 bits per heavy atom. The molecule has 0 spiro atoms. The first-order valence-corrected chi connectivity index (χ1v) is 7.01. The summed E-state index contributed by atoms with van der Waals surface area (Å²) in [7, 11) is 0. The van der Waals surface area contributed by atoms with Crippen LogP contribution in [-0.4, -0.2) is 17.4 Å². The number of anilines is 2. The van der Waals surface area contributed by atoms with Crippen LogP contribution in [0.3, 0.4) is 0 Å². The Labute approximate surface area is 134 Å². The first-order valence-electron chi connectivity index (χ1n) is 7.01. The molecular formula is C16H18ClN3O2. The summed E-state index contributed by atoms with van der Waals surface area (Å²) in [5.41, 5.74) is 3.51. The van der Waals surface area contributed by atoms with Gasteiger partial charge in [-0.15, -0.1) is 12.4 Å². The number of hydrogen-bond donors (Lipinski definition) is 3. The number of fused-ring (bicyclic) bond motifs is 1. The van der Waals surface area contributed by atoms with Gasteiger partial charge in [0.15, 0.2) is 0 Å². The maximum absolute atomic E-state index is 12.2. The van der Waals surface area contributed by atoms with E-state index in [-0.39, 0.29) is 29.4 Å². The van der Waals surface area contributed by atoms with Gasteiger partial charge in [-0.25, -0.2) is 0 Å². The number of hydrogen-bond acceptors (Lipinski definition) is 3. The molecule has 1 amide bonds.